The number of piperazine rings is 1. The highest BCUT2D eigenvalue weighted by Gasteiger charge is 2.30. The molecule has 0 bridgehead atoms. The van der Waals surface area contributed by atoms with Crippen LogP contribution in [0.15, 0.2) is 23.1 Å². The lowest BCUT2D eigenvalue weighted by atomic mass is 10.2. The lowest BCUT2D eigenvalue weighted by molar-refractivity contribution is -0.122. The quantitative estimate of drug-likeness (QED) is 0.852. The summed E-state index contributed by atoms with van der Waals surface area (Å²) in [4.78, 5) is 11.1. The third-order valence-corrected chi connectivity index (χ3v) is 5.01. The van der Waals surface area contributed by atoms with Crippen LogP contribution in [0, 0.1) is 11.3 Å². The minimum Gasteiger partial charge on any atom is -0.354 e. The Morgan fingerprint density at radius 1 is 1.42 bits per heavy atom. The first kappa shape index (κ1) is 13.8. The molecule has 1 amide bonds. The SMILES string of the molecule is N#Cc1ccc(S(=O)(=O)N2CCNC(=O)C2)c(Cl)c1. The molecule has 0 saturated carbocycles. The van der Waals surface area contributed by atoms with Crippen molar-refractivity contribution in [3.05, 3.63) is 28.8 Å². The second kappa shape index (κ2) is 5.17. The smallest absolute Gasteiger partial charge is 0.245 e. The molecule has 2 rings (SSSR count). The van der Waals surface area contributed by atoms with Gasteiger partial charge in [-0.15, -0.1) is 0 Å². The summed E-state index contributed by atoms with van der Waals surface area (Å²) in [5.74, 6) is -0.348. The van der Waals surface area contributed by atoms with E-state index in [-0.39, 0.29) is 41.0 Å². The van der Waals surface area contributed by atoms with Crippen LogP contribution in [0.2, 0.25) is 5.02 Å². The maximum absolute atomic E-state index is 12.3. The fraction of sp³-hybridized carbons (Fsp3) is 0.273. The number of amides is 1. The molecule has 1 fully saturated rings. The van der Waals surface area contributed by atoms with Gasteiger partial charge in [-0.05, 0) is 18.2 Å². The van der Waals surface area contributed by atoms with Crippen molar-refractivity contribution in [3.8, 4) is 6.07 Å². The van der Waals surface area contributed by atoms with Gasteiger partial charge in [0.15, 0.2) is 0 Å². The summed E-state index contributed by atoms with van der Waals surface area (Å²) >= 11 is 5.89. The van der Waals surface area contributed by atoms with E-state index < -0.39 is 10.0 Å². The van der Waals surface area contributed by atoms with Gasteiger partial charge in [0.25, 0.3) is 0 Å². The molecular weight excluding hydrogens is 290 g/mol. The number of benzene rings is 1. The summed E-state index contributed by atoms with van der Waals surface area (Å²) in [6, 6.07) is 5.82. The molecular formula is C11H10ClN3O3S. The molecule has 8 heteroatoms. The van der Waals surface area contributed by atoms with Crippen molar-refractivity contribution in [3.63, 3.8) is 0 Å². The first-order valence-corrected chi connectivity index (χ1v) is 7.23. The normalized spacial score (nSPS) is 16.7. The van der Waals surface area contributed by atoms with E-state index in [1.807, 2.05) is 6.07 Å². The van der Waals surface area contributed by atoms with Gasteiger partial charge < -0.3 is 5.32 Å². The second-order valence-corrected chi connectivity index (χ2v) is 6.26. The topological polar surface area (TPSA) is 90.3 Å². The maximum atomic E-state index is 12.3. The third-order valence-electron chi connectivity index (χ3n) is 2.68. The Morgan fingerprint density at radius 3 is 2.74 bits per heavy atom. The van der Waals surface area contributed by atoms with Crippen molar-refractivity contribution >= 4 is 27.5 Å². The van der Waals surface area contributed by atoms with Crippen molar-refractivity contribution in [2.24, 2.45) is 0 Å². The second-order valence-electron chi connectivity index (χ2n) is 3.95. The minimum atomic E-state index is -3.82. The van der Waals surface area contributed by atoms with Crippen LogP contribution >= 0.6 is 11.6 Å². The maximum Gasteiger partial charge on any atom is 0.245 e. The van der Waals surface area contributed by atoms with Crippen molar-refractivity contribution in [1.82, 2.24) is 9.62 Å². The highest BCUT2D eigenvalue weighted by molar-refractivity contribution is 7.89. The van der Waals surface area contributed by atoms with Gasteiger partial charge in [-0.1, -0.05) is 11.6 Å². The van der Waals surface area contributed by atoms with Crippen LogP contribution in [0.25, 0.3) is 0 Å². The first-order valence-electron chi connectivity index (χ1n) is 5.41. The standard InChI is InChI=1S/C11H10ClN3O3S/c12-9-5-8(6-13)1-2-10(9)19(17,18)15-4-3-14-11(16)7-15/h1-2,5H,3-4,7H2,(H,14,16). The lowest BCUT2D eigenvalue weighted by Crippen LogP contribution is -2.49. The molecule has 1 saturated heterocycles. The van der Waals surface area contributed by atoms with Gasteiger partial charge in [-0.25, -0.2) is 8.42 Å². The molecule has 0 aromatic heterocycles. The van der Waals surface area contributed by atoms with E-state index >= 15 is 0 Å². The van der Waals surface area contributed by atoms with Crippen LogP contribution in [-0.2, 0) is 14.8 Å². The fourth-order valence-corrected chi connectivity index (χ4v) is 3.65. The minimum absolute atomic E-state index is 0.0231. The summed E-state index contributed by atoms with van der Waals surface area (Å²) in [5.41, 5.74) is 0.278. The van der Waals surface area contributed by atoms with Gasteiger partial charge in [0.1, 0.15) is 4.90 Å². The predicted octanol–water partition coefficient (Wildman–Crippen LogP) is 0.332. The molecule has 1 aromatic rings. The van der Waals surface area contributed by atoms with Crippen molar-refractivity contribution in [2.75, 3.05) is 19.6 Å². The van der Waals surface area contributed by atoms with Gasteiger partial charge in [-0.3, -0.25) is 4.79 Å². The zero-order valence-corrected chi connectivity index (χ0v) is 11.3. The van der Waals surface area contributed by atoms with Crippen LogP contribution < -0.4 is 5.32 Å². The Morgan fingerprint density at radius 2 is 2.16 bits per heavy atom. The van der Waals surface area contributed by atoms with Gasteiger partial charge in [0, 0.05) is 13.1 Å². The number of hydrogen-bond acceptors (Lipinski definition) is 4. The van der Waals surface area contributed by atoms with Crippen LogP contribution in [0.3, 0.4) is 0 Å². The number of sulfonamides is 1. The van der Waals surface area contributed by atoms with Gasteiger partial charge >= 0.3 is 0 Å². The van der Waals surface area contributed by atoms with Crippen LogP contribution in [-0.4, -0.2) is 38.3 Å². The summed E-state index contributed by atoms with van der Waals surface area (Å²) in [6.45, 7) is 0.245. The van der Waals surface area contributed by atoms with E-state index in [0.29, 0.717) is 0 Å². The van der Waals surface area contributed by atoms with Gasteiger partial charge in [0.2, 0.25) is 15.9 Å². The van der Waals surface area contributed by atoms with Crippen molar-refractivity contribution < 1.29 is 13.2 Å². The zero-order chi connectivity index (χ0) is 14.0. The number of rotatable bonds is 2. The number of hydrogen-bond donors (Lipinski definition) is 1. The molecule has 0 aliphatic carbocycles. The Bertz CT molecular complexity index is 666. The first-order chi connectivity index (χ1) is 8.95. The molecule has 0 atom stereocenters. The van der Waals surface area contributed by atoms with E-state index in [2.05, 4.69) is 5.32 Å². The summed E-state index contributed by atoms with van der Waals surface area (Å²) in [6.07, 6.45) is 0. The van der Waals surface area contributed by atoms with E-state index in [1.54, 1.807) is 0 Å². The average molecular weight is 300 g/mol. The molecule has 1 heterocycles. The molecule has 0 unspecified atom stereocenters. The van der Waals surface area contributed by atoms with Crippen molar-refractivity contribution in [2.45, 2.75) is 4.90 Å². The number of nitriles is 1. The predicted molar refractivity (Wildman–Crippen MR) is 67.9 cm³/mol. The molecule has 1 aliphatic rings. The molecule has 1 N–H and O–H groups in total. The van der Waals surface area contributed by atoms with Crippen molar-refractivity contribution in [1.29, 1.82) is 5.26 Å². The third kappa shape index (κ3) is 2.71. The zero-order valence-electron chi connectivity index (χ0n) is 9.76. The highest BCUT2D eigenvalue weighted by Crippen LogP contribution is 2.25. The monoisotopic (exact) mass is 299 g/mol. The number of nitrogens with zero attached hydrogens (tertiary/aromatic N) is 2. The van der Waals surface area contributed by atoms with Gasteiger partial charge in [-0.2, -0.15) is 9.57 Å². The molecule has 1 aliphatic heterocycles. The number of nitrogens with one attached hydrogen (secondary N) is 1. The molecule has 6 nitrogen and oxygen atoms in total. The number of halogens is 1. The molecule has 0 spiro atoms. The summed E-state index contributed by atoms with van der Waals surface area (Å²) in [7, 11) is -3.82. The van der Waals surface area contributed by atoms with Crippen LogP contribution in [0.5, 0.6) is 0 Å². The summed E-state index contributed by atoms with van der Waals surface area (Å²) in [5, 5.41) is 11.2. The van der Waals surface area contributed by atoms with Gasteiger partial charge in [0.05, 0.1) is 23.2 Å². The highest BCUT2D eigenvalue weighted by atomic mass is 35.5. The van der Waals surface area contributed by atoms with E-state index in [9.17, 15) is 13.2 Å². The molecule has 1 aromatic carbocycles. The van der Waals surface area contributed by atoms with E-state index in [4.69, 9.17) is 16.9 Å². The van der Waals surface area contributed by atoms with Crippen LogP contribution in [0.1, 0.15) is 5.56 Å². The lowest BCUT2D eigenvalue weighted by Gasteiger charge is -2.26. The average Bonchev–Trinajstić information content (AvgIpc) is 2.38. The Hall–Kier alpha value is -1.62. The Kier molecular flexibility index (Phi) is 3.75. The Balaban J connectivity index is 2.39. The summed E-state index contributed by atoms with van der Waals surface area (Å²) < 4.78 is 25.7. The number of carbonyl (C=O) groups excluding carboxylic acids is 1. The molecule has 19 heavy (non-hydrogen) atoms. The van der Waals surface area contributed by atoms with Crippen LogP contribution in [0.4, 0.5) is 0 Å². The Labute approximate surface area is 115 Å². The number of carbonyl (C=O) groups is 1. The fourth-order valence-electron chi connectivity index (χ4n) is 1.74. The van der Waals surface area contributed by atoms with E-state index in [0.717, 1.165) is 4.31 Å². The molecule has 100 valence electrons. The largest absolute Gasteiger partial charge is 0.354 e. The van der Waals surface area contributed by atoms with E-state index in [1.165, 1.54) is 18.2 Å². The molecule has 0 radical (unpaired) electrons.